The van der Waals surface area contributed by atoms with Crippen LogP contribution in [0.5, 0.6) is 0 Å². The van der Waals surface area contributed by atoms with Crippen molar-refractivity contribution in [2.75, 3.05) is 21.1 Å². The topological polar surface area (TPSA) is 17.1 Å². The first-order chi connectivity index (χ1) is 6.98. The Bertz CT molecular complexity index is 401. The van der Waals surface area contributed by atoms with E-state index in [2.05, 4.69) is 33.3 Å². The molecular formula is C13H18NO+. The smallest absolute Gasteiger partial charge is 0.163 e. The van der Waals surface area contributed by atoms with E-state index in [9.17, 15) is 4.79 Å². The minimum Gasteiger partial charge on any atom is -0.298 e. The molecule has 0 saturated carbocycles. The molecule has 0 unspecified atom stereocenters. The van der Waals surface area contributed by atoms with Gasteiger partial charge in [-0.1, -0.05) is 0 Å². The van der Waals surface area contributed by atoms with Gasteiger partial charge < -0.3 is 0 Å². The molecule has 0 radical (unpaired) electrons. The molecule has 0 spiro atoms. The Morgan fingerprint density at radius 3 is 2.53 bits per heavy atom. The number of hydrogen-bond donors (Lipinski definition) is 0. The molecule has 0 N–H and O–H groups in total. The average Bonchev–Trinajstić information content (AvgIpc) is 2.16. The zero-order valence-electron chi connectivity index (χ0n) is 9.71. The summed E-state index contributed by atoms with van der Waals surface area (Å²) in [5.41, 5.74) is 3.44. The second-order valence-electron chi connectivity index (χ2n) is 5.13. The van der Waals surface area contributed by atoms with Crippen LogP contribution >= 0.6 is 0 Å². The highest BCUT2D eigenvalue weighted by Crippen LogP contribution is 2.27. The second-order valence-corrected chi connectivity index (χ2v) is 5.13. The third kappa shape index (κ3) is 1.95. The van der Waals surface area contributed by atoms with E-state index in [1.807, 2.05) is 6.07 Å². The molecule has 0 amide bonds. The molecule has 1 aliphatic rings. The first-order valence-corrected chi connectivity index (χ1v) is 5.46. The van der Waals surface area contributed by atoms with E-state index in [-0.39, 0.29) is 0 Å². The zero-order chi connectivity index (χ0) is 11.1. The lowest BCUT2D eigenvalue weighted by Crippen LogP contribution is -2.35. The predicted octanol–water partition coefficient (Wildman–Crippen LogP) is 2.40. The minimum atomic E-state index is 0.309. The summed E-state index contributed by atoms with van der Waals surface area (Å²) in [5.74, 6) is 0.309. The van der Waals surface area contributed by atoms with Gasteiger partial charge in [0.15, 0.2) is 5.78 Å². The van der Waals surface area contributed by atoms with Gasteiger partial charge in [0.25, 0.3) is 0 Å². The van der Waals surface area contributed by atoms with Crippen molar-refractivity contribution in [1.82, 2.24) is 4.48 Å². The number of quaternary nitrogens is 1. The Balaban J connectivity index is 2.46. The fourth-order valence-electron chi connectivity index (χ4n) is 2.05. The van der Waals surface area contributed by atoms with Crippen molar-refractivity contribution in [1.29, 1.82) is 0 Å². The predicted molar refractivity (Wildman–Crippen MR) is 63.3 cm³/mol. The molecule has 0 aromatic heterocycles. The van der Waals surface area contributed by atoms with Crippen molar-refractivity contribution >= 4 is 11.5 Å². The first-order valence-electron chi connectivity index (χ1n) is 5.46. The van der Waals surface area contributed by atoms with E-state index in [4.69, 9.17) is 0 Å². The van der Waals surface area contributed by atoms with Crippen LogP contribution in [0.15, 0.2) is 18.2 Å². The lowest BCUT2D eigenvalue weighted by Gasteiger charge is -2.25. The summed E-state index contributed by atoms with van der Waals surface area (Å²) in [6, 6.07) is 6.25. The van der Waals surface area contributed by atoms with Crippen molar-refractivity contribution in [3.63, 3.8) is 0 Å². The van der Waals surface area contributed by atoms with Gasteiger partial charge in [-0.25, -0.2) is 0 Å². The van der Waals surface area contributed by atoms with E-state index in [1.165, 1.54) is 11.3 Å². The molecule has 2 rings (SSSR count). The van der Waals surface area contributed by atoms with Crippen LogP contribution in [-0.4, -0.2) is 26.9 Å². The molecule has 80 valence electrons. The van der Waals surface area contributed by atoms with Crippen LogP contribution in [0, 0.1) is 0 Å². The van der Waals surface area contributed by atoms with Gasteiger partial charge in [-0.15, -0.1) is 0 Å². The average molecular weight is 204 g/mol. The van der Waals surface area contributed by atoms with Gasteiger partial charge in [-0.3, -0.25) is 9.28 Å². The highest BCUT2D eigenvalue weighted by atomic mass is 16.1. The number of Topliss-reactive ketones (excluding diaryl/α,β-unsaturated/α-hetero) is 1. The summed E-state index contributed by atoms with van der Waals surface area (Å²) in [4.78, 5) is 11.6. The third-order valence-electron chi connectivity index (χ3n) is 3.01. The first kappa shape index (κ1) is 10.4. The van der Waals surface area contributed by atoms with E-state index < -0.39 is 0 Å². The Kier molecular flexibility index (Phi) is 2.39. The largest absolute Gasteiger partial charge is 0.298 e. The summed E-state index contributed by atoms with van der Waals surface area (Å²) in [7, 11) is 6.44. The monoisotopic (exact) mass is 204 g/mol. The maximum atomic E-state index is 11.6. The molecule has 0 atom stereocenters. The molecule has 0 saturated heterocycles. The van der Waals surface area contributed by atoms with Gasteiger partial charge >= 0.3 is 0 Å². The molecule has 1 aromatic rings. The zero-order valence-corrected chi connectivity index (χ0v) is 9.71. The second kappa shape index (κ2) is 3.46. The summed E-state index contributed by atoms with van der Waals surface area (Å²) in [5, 5.41) is 0. The molecule has 0 heterocycles. The van der Waals surface area contributed by atoms with Crippen LogP contribution in [0.3, 0.4) is 0 Å². The van der Waals surface area contributed by atoms with Crippen LogP contribution in [0.25, 0.3) is 0 Å². The van der Waals surface area contributed by atoms with Gasteiger partial charge in [0.1, 0.15) is 5.69 Å². The van der Waals surface area contributed by atoms with Crippen LogP contribution in [0.2, 0.25) is 0 Å². The highest BCUT2D eigenvalue weighted by molar-refractivity contribution is 5.98. The number of aryl methyl sites for hydroxylation is 1. The van der Waals surface area contributed by atoms with Crippen LogP contribution in [0.1, 0.15) is 28.8 Å². The summed E-state index contributed by atoms with van der Waals surface area (Å²) < 4.78 is 0.807. The standard InChI is InChI=1S/C13H18NO/c1-14(2,3)11-7-8-12-10(9-11)5-4-6-13(12)15/h7-9H,4-6H2,1-3H3/q+1. The minimum absolute atomic E-state index is 0.309. The molecule has 2 heteroatoms. The Hall–Kier alpha value is -1.15. The molecule has 2 nitrogen and oxygen atoms in total. The number of benzene rings is 1. The fourth-order valence-corrected chi connectivity index (χ4v) is 2.05. The van der Waals surface area contributed by atoms with Crippen molar-refractivity contribution in [3.8, 4) is 0 Å². The highest BCUT2D eigenvalue weighted by Gasteiger charge is 2.20. The lowest BCUT2D eigenvalue weighted by atomic mass is 9.90. The SMILES string of the molecule is C[N+](C)(C)c1ccc2c(c1)CCCC2=O. The molecule has 0 aliphatic heterocycles. The van der Waals surface area contributed by atoms with Crippen LogP contribution in [-0.2, 0) is 6.42 Å². The quantitative estimate of drug-likeness (QED) is 0.642. The van der Waals surface area contributed by atoms with Crippen LogP contribution in [0.4, 0.5) is 5.69 Å². The van der Waals surface area contributed by atoms with Crippen molar-refractivity contribution < 1.29 is 4.79 Å². The van der Waals surface area contributed by atoms with Gasteiger partial charge in [-0.05, 0) is 30.5 Å². The van der Waals surface area contributed by atoms with Gasteiger partial charge in [0, 0.05) is 18.1 Å². The molecule has 1 aliphatic carbocycles. The lowest BCUT2D eigenvalue weighted by molar-refractivity contribution is 0.0972. The van der Waals surface area contributed by atoms with E-state index in [0.29, 0.717) is 5.78 Å². The maximum Gasteiger partial charge on any atom is 0.163 e. The molecule has 15 heavy (non-hydrogen) atoms. The summed E-state index contributed by atoms with van der Waals surface area (Å²) >= 11 is 0. The van der Waals surface area contributed by atoms with Gasteiger partial charge in [0.2, 0.25) is 0 Å². The van der Waals surface area contributed by atoms with E-state index in [0.717, 1.165) is 29.3 Å². The van der Waals surface area contributed by atoms with Gasteiger partial charge in [-0.2, -0.15) is 0 Å². The van der Waals surface area contributed by atoms with Gasteiger partial charge in [0.05, 0.1) is 21.1 Å². The summed E-state index contributed by atoms with van der Waals surface area (Å²) in [6.45, 7) is 0. The number of ketones is 1. The molecule has 0 bridgehead atoms. The number of rotatable bonds is 1. The molecule has 1 aromatic carbocycles. The van der Waals surface area contributed by atoms with E-state index >= 15 is 0 Å². The molecular weight excluding hydrogens is 186 g/mol. The fraction of sp³-hybridized carbons (Fsp3) is 0.462. The number of carbonyl (C=O) groups is 1. The normalized spacial score (nSPS) is 16.3. The Morgan fingerprint density at radius 2 is 1.87 bits per heavy atom. The van der Waals surface area contributed by atoms with E-state index in [1.54, 1.807) is 0 Å². The number of fused-ring (bicyclic) bond motifs is 1. The van der Waals surface area contributed by atoms with Crippen molar-refractivity contribution in [2.45, 2.75) is 19.3 Å². The third-order valence-corrected chi connectivity index (χ3v) is 3.01. The number of hydrogen-bond acceptors (Lipinski definition) is 1. The number of carbonyl (C=O) groups excluding carboxylic acids is 1. The molecule has 0 fully saturated rings. The Labute approximate surface area is 91.1 Å². The van der Waals surface area contributed by atoms with Crippen LogP contribution < -0.4 is 4.48 Å². The summed E-state index contributed by atoms with van der Waals surface area (Å²) in [6.07, 6.45) is 2.78. The maximum absolute atomic E-state index is 11.6. The number of nitrogens with zero attached hydrogens (tertiary/aromatic N) is 1. The van der Waals surface area contributed by atoms with Crippen molar-refractivity contribution in [2.24, 2.45) is 0 Å². The Morgan fingerprint density at radius 1 is 1.13 bits per heavy atom. The van der Waals surface area contributed by atoms with Crippen molar-refractivity contribution in [3.05, 3.63) is 29.3 Å².